The fourth-order valence-electron chi connectivity index (χ4n) is 3.72. The molecule has 2 atom stereocenters. The van der Waals surface area contributed by atoms with Gasteiger partial charge in [-0.15, -0.1) is 11.3 Å². The smallest absolute Gasteiger partial charge is 0.328 e. The molecule has 2 unspecified atom stereocenters. The van der Waals surface area contributed by atoms with Gasteiger partial charge >= 0.3 is 6.03 Å². The van der Waals surface area contributed by atoms with Crippen molar-refractivity contribution in [2.24, 2.45) is 4.99 Å². The fraction of sp³-hybridized carbons (Fsp3) is 0.429. The number of imide groups is 1. The van der Waals surface area contributed by atoms with Crippen molar-refractivity contribution < 1.29 is 9.59 Å². The summed E-state index contributed by atoms with van der Waals surface area (Å²) >= 11 is 1.70. The number of pyridine rings is 1. The van der Waals surface area contributed by atoms with Crippen LogP contribution in [-0.4, -0.2) is 57.9 Å². The van der Waals surface area contributed by atoms with Gasteiger partial charge in [-0.3, -0.25) is 14.6 Å². The van der Waals surface area contributed by atoms with Crippen molar-refractivity contribution in [2.75, 3.05) is 18.4 Å². The molecule has 2 aromatic rings. The van der Waals surface area contributed by atoms with Crippen LogP contribution in [0.4, 0.5) is 10.6 Å². The third kappa shape index (κ3) is 3.89. The van der Waals surface area contributed by atoms with Crippen molar-refractivity contribution in [1.29, 1.82) is 0 Å². The number of anilines is 1. The summed E-state index contributed by atoms with van der Waals surface area (Å²) < 4.78 is 0. The Labute approximate surface area is 180 Å². The van der Waals surface area contributed by atoms with Crippen molar-refractivity contribution >= 4 is 34.9 Å². The number of amides is 3. The van der Waals surface area contributed by atoms with Gasteiger partial charge < -0.3 is 10.6 Å². The molecule has 2 N–H and O–H groups in total. The number of thiophene rings is 1. The molecule has 0 aromatic carbocycles. The molecular formula is C21H26N6O2S. The van der Waals surface area contributed by atoms with Crippen LogP contribution in [0.25, 0.3) is 0 Å². The summed E-state index contributed by atoms with van der Waals surface area (Å²) in [6.45, 7) is 5.69. The number of fused-ring (bicyclic) bond motifs is 1. The Kier molecular flexibility index (Phi) is 5.98. The number of hydrogen-bond donors (Lipinski definition) is 2. The van der Waals surface area contributed by atoms with Gasteiger partial charge in [0.15, 0.2) is 6.17 Å². The molecular weight excluding hydrogens is 400 g/mol. The second-order valence-electron chi connectivity index (χ2n) is 7.34. The Morgan fingerprint density at radius 1 is 1.17 bits per heavy atom. The van der Waals surface area contributed by atoms with E-state index in [2.05, 4.69) is 21.7 Å². The number of rotatable bonds is 8. The van der Waals surface area contributed by atoms with E-state index >= 15 is 0 Å². The largest absolute Gasteiger partial charge is 0.365 e. The molecule has 4 heterocycles. The van der Waals surface area contributed by atoms with Crippen LogP contribution in [-0.2, 0) is 11.3 Å². The number of hydrogen-bond acceptors (Lipinski definition) is 7. The average Bonchev–Trinajstić information content (AvgIpc) is 3.43. The number of urea groups is 1. The first-order valence-electron chi connectivity index (χ1n) is 10.3. The van der Waals surface area contributed by atoms with Gasteiger partial charge in [0.25, 0.3) is 5.91 Å². The molecule has 2 aliphatic rings. The summed E-state index contributed by atoms with van der Waals surface area (Å²) in [6, 6.07) is 7.13. The van der Waals surface area contributed by atoms with Gasteiger partial charge in [0.05, 0.1) is 6.54 Å². The normalized spacial score (nSPS) is 20.8. The minimum Gasteiger partial charge on any atom is -0.365 e. The van der Waals surface area contributed by atoms with Gasteiger partial charge in [0.1, 0.15) is 17.7 Å². The molecule has 0 saturated carbocycles. The van der Waals surface area contributed by atoms with Crippen molar-refractivity contribution in [3.05, 3.63) is 46.3 Å². The Hall–Kier alpha value is -2.94. The number of amidine groups is 1. The van der Waals surface area contributed by atoms with E-state index in [0.717, 1.165) is 30.8 Å². The van der Waals surface area contributed by atoms with Crippen LogP contribution in [0.5, 0.6) is 0 Å². The van der Waals surface area contributed by atoms with Gasteiger partial charge in [-0.2, -0.15) is 0 Å². The monoisotopic (exact) mass is 426 g/mol. The number of carbonyl (C=O) groups is 2. The summed E-state index contributed by atoms with van der Waals surface area (Å²) in [7, 11) is 0. The number of nitrogens with one attached hydrogen (secondary N) is 2. The van der Waals surface area contributed by atoms with Crippen LogP contribution in [0.1, 0.15) is 37.1 Å². The Morgan fingerprint density at radius 3 is 2.67 bits per heavy atom. The molecule has 2 aromatic heterocycles. The summed E-state index contributed by atoms with van der Waals surface area (Å²) in [6.07, 6.45) is 2.76. The minimum atomic E-state index is -0.549. The number of nitrogens with zero attached hydrogens (tertiary/aromatic N) is 4. The van der Waals surface area contributed by atoms with Crippen molar-refractivity contribution in [1.82, 2.24) is 20.1 Å². The minimum absolute atomic E-state index is 0.208. The summed E-state index contributed by atoms with van der Waals surface area (Å²) in [4.78, 5) is 39.2. The zero-order valence-corrected chi connectivity index (χ0v) is 18.0. The fourth-order valence-corrected chi connectivity index (χ4v) is 4.37. The van der Waals surface area contributed by atoms with Crippen molar-refractivity contribution in [3.63, 3.8) is 0 Å². The lowest BCUT2D eigenvalue weighted by Gasteiger charge is -2.40. The highest BCUT2D eigenvalue weighted by molar-refractivity contribution is 7.09. The van der Waals surface area contributed by atoms with E-state index in [0.29, 0.717) is 18.9 Å². The molecule has 158 valence electrons. The van der Waals surface area contributed by atoms with Gasteiger partial charge in [0, 0.05) is 29.7 Å². The second kappa shape index (κ2) is 8.83. The lowest BCUT2D eigenvalue weighted by atomic mass is 10.1. The van der Waals surface area contributed by atoms with Gasteiger partial charge in [0.2, 0.25) is 0 Å². The zero-order valence-electron chi connectivity index (χ0n) is 17.2. The second-order valence-corrected chi connectivity index (χ2v) is 8.38. The Bertz CT molecular complexity index is 927. The topological polar surface area (TPSA) is 89.9 Å². The lowest BCUT2D eigenvalue weighted by Crippen LogP contribution is -2.65. The number of aliphatic imine (C=N–C) groups is 1. The molecule has 8 nitrogen and oxygen atoms in total. The predicted octanol–water partition coefficient (Wildman–Crippen LogP) is 2.88. The van der Waals surface area contributed by atoms with Gasteiger partial charge in [-0.25, -0.2) is 14.8 Å². The molecule has 0 spiro atoms. The highest BCUT2D eigenvalue weighted by Gasteiger charge is 2.49. The summed E-state index contributed by atoms with van der Waals surface area (Å²) in [5.74, 6) is 1.17. The number of aromatic nitrogens is 1. The predicted molar refractivity (Wildman–Crippen MR) is 118 cm³/mol. The van der Waals surface area contributed by atoms with Crippen LogP contribution in [0.3, 0.4) is 0 Å². The van der Waals surface area contributed by atoms with Crippen LogP contribution in [0.15, 0.2) is 40.8 Å². The lowest BCUT2D eigenvalue weighted by molar-refractivity contribution is -0.134. The van der Waals surface area contributed by atoms with Crippen LogP contribution in [0, 0.1) is 0 Å². The van der Waals surface area contributed by atoms with Gasteiger partial charge in [-0.1, -0.05) is 19.9 Å². The molecule has 1 saturated heterocycles. The van der Waals surface area contributed by atoms with E-state index in [1.54, 1.807) is 22.4 Å². The molecule has 1 fully saturated rings. The van der Waals surface area contributed by atoms with E-state index < -0.39 is 12.2 Å². The maximum atomic E-state index is 12.9. The summed E-state index contributed by atoms with van der Waals surface area (Å²) in [5, 5.41) is 8.58. The van der Waals surface area contributed by atoms with Crippen molar-refractivity contribution in [2.45, 2.75) is 45.4 Å². The third-order valence-electron chi connectivity index (χ3n) is 5.15. The average molecular weight is 427 g/mol. The molecule has 2 aliphatic heterocycles. The first kappa shape index (κ1) is 20.3. The van der Waals surface area contributed by atoms with E-state index in [9.17, 15) is 9.59 Å². The van der Waals surface area contributed by atoms with E-state index in [4.69, 9.17) is 4.99 Å². The maximum absolute atomic E-state index is 12.9. The SMILES string of the molecule is CCCN1C(=O)C2NC(c3ccc(NCc4cccs4)nc3)=NC2N(CCC)C1=O. The summed E-state index contributed by atoms with van der Waals surface area (Å²) in [5.41, 5.74) is 0.796. The molecule has 0 aliphatic carbocycles. The van der Waals surface area contributed by atoms with E-state index in [1.807, 2.05) is 37.4 Å². The molecule has 4 rings (SSSR count). The zero-order chi connectivity index (χ0) is 21.1. The van der Waals surface area contributed by atoms with E-state index in [1.165, 1.54) is 9.78 Å². The molecule has 9 heteroatoms. The molecule has 0 bridgehead atoms. The molecule has 0 radical (unpaired) electrons. The standard InChI is InChI=1S/C21H26N6O2S/c1-3-9-26-19-17(20(28)27(10-4-2)21(26)29)24-18(25-19)14-7-8-16(22-12-14)23-13-15-6-5-11-30-15/h5-8,11-12,17,19H,3-4,9-10,13H2,1-2H3,(H,22,23)(H,24,25). The third-order valence-corrected chi connectivity index (χ3v) is 6.03. The Morgan fingerprint density at radius 2 is 2.00 bits per heavy atom. The van der Waals surface area contributed by atoms with Crippen molar-refractivity contribution in [3.8, 4) is 0 Å². The Balaban J connectivity index is 1.50. The maximum Gasteiger partial charge on any atom is 0.328 e. The van der Waals surface area contributed by atoms with Crippen LogP contribution >= 0.6 is 11.3 Å². The molecule has 3 amide bonds. The highest BCUT2D eigenvalue weighted by atomic mass is 32.1. The number of carbonyl (C=O) groups excluding carboxylic acids is 2. The van der Waals surface area contributed by atoms with Crippen LogP contribution < -0.4 is 10.6 Å². The first-order chi connectivity index (χ1) is 14.6. The van der Waals surface area contributed by atoms with Gasteiger partial charge in [-0.05, 0) is 36.4 Å². The highest BCUT2D eigenvalue weighted by Crippen LogP contribution is 2.25. The first-order valence-corrected chi connectivity index (χ1v) is 11.2. The van der Waals surface area contributed by atoms with E-state index in [-0.39, 0.29) is 11.9 Å². The quantitative estimate of drug-likeness (QED) is 0.677. The molecule has 30 heavy (non-hydrogen) atoms. The van der Waals surface area contributed by atoms with Crippen LogP contribution in [0.2, 0.25) is 0 Å².